The molecule has 1 atom stereocenters. The quantitative estimate of drug-likeness (QED) is 0.672. The van der Waals surface area contributed by atoms with Gasteiger partial charge in [-0.3, -0.25) is 4.79 Å². The van der Waals surface area contributed by atoms with Crippen molar-refractivity contribution < 1.29 is 4.79 Å². The van der Waals surface area contributed by atoms with Crippen LogP contribution in [0.25, 0.3) is 0 Å². The van der Waals surface area contributed by atoms with Crippen LogP contribution in [0, 0.1) is 11.3 Å². The largest absolute Gasteiger partial charge is 0.298 e. The molecule has 0 aliphatic carbocycles. The predicted molar refractivity (Wildman–Crippen MR) is 43.4 cm³/mol. The van der Waals surface area contributed by atoms with Gasteiger partial charge in [-0.25, -0.2) is 0 Å². The summed E-state index contributed by atoms with van der Waals surface area (Å²) in [7, 11) is 0. The fraction of sp³-hybridized carbons (Fsp3) is 0.250. The summed E-state index contributed by atoms with van der Waals surface area (Å²) in [5.41, 5.74) is 0. The summed E-state index contributed by atoms with van der Waals surface area (Å²) < 4.78 is 0. The molecule has 1 aromatic heterocycles. The summed E-state index contributed by atoms with van der Waals surface area (Å²) in [6.45, 7) is 1.44. The van der Waals surface area contributed by atoms with Crippen LogP contribution in [-0.4, -0.2) is 5.78 Å². The van der Waals surface area contributed by atoms with Crippen LogP contribution in [0.1, 0.15) is 17.7 Å². The van der Waals surface area contributed by atoms with Crippen LogP contribution in [0.2, 0.25) is 0 Å². The summed E-state index contributed by atoms with van der Waals surface area (Å²) in [4.78, 5) is 11.7. The number of carbonyl (C=O) groups is 1. The summed E-state index contributed by atoms with van der Waals surface area (Å²) in [5, 5.41) is 10.5. The highest BCUT2D eigenvalue weighted by Gasteiger charge is 2.15. The Labute approximate surface area is 69.1 Å². The lowest BCUT2D eigenvalue weighted by Gasteiger charge is -1.98. The number of rotatable bonds is 2. The van der Waals surface area contributed by atoms with Crippen LogP contribution in [-0.2, 0) is 4.79 Å². The van der Waals surface area contributed by atoms with Crippen molar-refractivity contribution >= 4 is 17.1 Å². The van der Waals surface area contributed by atoms with E-state index in [2.05, 4.69) is 0 Å². The lowest BCUT2D eigenvalue weighted by Crippen LogP contribution is -2.03. The molecule has 56 valence electrons. The zero-order valence-corrected chi connectivity index (χ0v) is 6.89. The summed E-state index contributed by atoms with van der Waals surface area (Å²) >= 11 is 1.44. The number of hydrogen-bond donors (Lipinski definition) is 0. The fourth-order valence-corrected chi connectivity index (χ4v) is 1.64. The van der Waals surface area contributed by atoms with E-state index < -0.39 is 5.92 Å². The molecule has 0 bridgehead atoms. The van der Waals surface area contributed by atoms with E-state index >= 15 is 0 Å². The van der Waals surface area contributed by atoms with Crippen molar-refractivity contribution in [2.75, 3.05) is 0 Å². The first-order valence-electron chi connectivity index (χ1n) is 3.19. The molecule has 11 heavy (non-hydrogen) atoms. The normalized spacial score (nSPS) is 12.0. The number of thiophene rings is 1. The standard InChI is InChI=1S/C8H7NOS/c1-6(10)7(5-9)8-3-2-4-11-8/h2-4,7H,1H3. The number of hydrogen-bond acceptors (Lipinski definition) is 3. The summed E-state index contributed by atoms with van der Waals surface area (Å²) in [5.74, 6) is -0.648. The first-order valence-corrected chi connectivity index (χ1v) is 4.07. The first-order chi connectivity index (χ1) is 5.25. The molecule has 0 radical (unpaired) electrons. The van der Waals surface area contributed by atoms with Gasteiger partial charge in [0.05, 0.1) is 6.07 Å². The Morgan fingerprint density at radius 2 is 2.55 bits per heavy atom. The van der Waals surface area contributed by atoms with Crippen molar-refractivity contribution in [3.63, 3.8) is 0 Å². The van der Waals surface area contributed by atoms with Gasteiger partial charge in [-0.1, -0.05) is 6.07 Å². The van der Waals surface area contributed by atoms with Gasteiger partial charge in [-0.05, 0) is 18.4 Å². The van der Waals surface area contributed by atoms with Crippen molar-refractivity contribution in [2.45, 2.75) is 12.8 Å². The van der Waals surface area contributed by atoms with E-state index in [-0.39, 0.29) is 5.78 Å². The van der Waals surface area contributed by atoms with Gasteiger partial charge in [0.15, 0.2) is 5.78 Å². The predicted octanol–water partition coefficient (Wildman–Crippen LogP) is 1.94. The molecule has 0 N–H and O–H groups in total. The zero-order valence-electron chi connectivity index (χ0n) is 6.07. The Morgan fingerprint density at radius 1 is 1.82 bits per heavy atom. The molecule has 1 heterocycles. The maximum Gasteiger partial charge on any atom is 0.152 e. The lowest BCUT2D eigenvalue weighted by molar-refractivity contribution is -0.117. The molecule has 0 saturated carbocycles. The average molecular weight is 165 g/mol. The Bertz CT molecular complexity index is 284. The summed E-state index contributed by atoms with van der Waals surface area (Å²) in [6.07, 6.45) is 0. The molecular weight excluding hydrogens is 158 g/mol. The summed E-state index contributed by atoms with van der Waals surface area (Å²) in [6, 6.07) is 5.61. The highest BCUT2D eigenvalue weighted by Crippen LogP contribution is 2.20. The third kappa shape index (κ3) is 1.66. The molecule has 0 spiro atoms. The van der Waals surface area contributed by atoms with E-state index in [0.29, 0.717) is 0 Å². The molecule has 0 aliphatic rings. The van der Waals surface area contributed by atoms with E-state index in [1.54, 1.807) is 6.07 Å². The Hall–Kier alpha value is -1.14. The molecule has 1 aromatic rings. The first kappa shape index (κ1) is 7.96. The second-order valence-electron chi connectivity index (χ2n) is 2.19. The monoisotopic (exact) mass is 165 g/mol. The number of ketones is 1. The van der Waals surface area contributed by atoms with Crippen molar-refractivity contribution in [1.82, 2.24) is 0 Å². The molecule has 1 unspecified atom stereocenters. The number of nitrogens with zero attached hydrogens (tertiary/aromatic N) is 1. The van der Waals surface area contributed by atoms with Gasteiger partial charge in [-0.2, -0.15) is 5.26 Å². The van der Waals surface area contributed by atoms with Gasteiger partial charge in [0.1, 0.15) is 5.92 Å². The van der Waals surface area contributed by atoms with Gasteiger partial charge >= 0.3 is 0 Å². The van der Waals surface area contributed by atoms with Gasteiger partial charge in [0.2, 0.25) is 0 Å². The molecule has 0 aromatic carbocycles. The van der Waals surface area contributed by atoms with Crippen LogP contribution >= 0.6 is 11.3 Å². The minimum Gasteiger partial charge on any atom is -0.298 e. The van der Waals surface area contributed by atoms with E-state index in [0.717, 1.165) is 4.88 Å². The van der Waals surface area contributed by atoms with E-state index in [1.165, 1.54) is 18.3 Å². The topological polar surface area (TPSA) is 40.9 Å². The van der Waals surface area contributed by atoms with Crippen LogP contribution in [0.3, 0.4) is 0 Å². The fourth-order valence-electron chi connectivity index (χ4n) is 0.810. The molecule has 0 saturated heterocycles. The number of Topliss-reactive ketones (excluding diaryl/α,β-unsaturated/α-hetero) is 1. The maximum absolute atomic E-state index is 10.9. The third-order valence-corrected chi connectivity index (χ3v) is 2.30. The molecule has 0 fully saturated rings. The van der Waals surface area contributed by atoms with Crippen LogP contribution in [0.4, 0.5) is 0 Å². The molecule has 3 heteroatoms. The maximum atomic E-state index is 10.9. The number of nitriles is 1. The van der Waals surface area contributed by atoms with Crippen LogP contribution in [0.15, 0.2) is 17.5 Å². The van der Waals surface area contributed by atoms with Gasteiger partial charge in [0, 0.05) is 4.88 Å². The van der Waals surface area contributed by atoms with Gasteiger partial charge in [0.25, 0.3) is 0 Å². The number of carbonyl (C=O) groups excluding carboxylic acids is 1. The molecule has 0 aliphatic heterocycles. The SMILES string of the molecule is CC(=O)C(C#N)c1cccs1. The second kappa shape index (κ2) is 3.31. The minimum atomic E-state index is -0.560. The van der Waals surface area contributed by atoms with E-state index in [1.807, 2.05) is 17.5 Å². The molecule has 1 rings (SSSR count). The van der Waals surface area contributed by atoms with Crippen molar-refractivity contribution in [1.29, 1.82) is 5.26 Å². The van der Waals surface area contributed by atoms with Crippen molar-refractivity contribution in [2.24, 2.45) is 0 Å². The van der Waals surface area contributed by atoms with Crippen molar-refractivity contribution in [3.8, 4) is 6.07 Å². The highest BCUT2D eigenvalue weighted by atomic mass is 32.1. The van der Waals surface area contributed by atoms with Crippen LogP contribution < -0.4 is 0 Å². The molecular formula is C8H7NOS. The zero-order chi connectivity index (χ0) is 8.27. The van der Waals surface area contributed by atoms with Crippen molar-refractivity contribution in [3.05, 3.63) is 22.4 Å². The second-order valence-corrected chi connectivity index (χ2v) is 3.17. The Morgan fingerprint density at radius 3 is 2.91 bits per heavy atom. The highest BCUT2D eigenvalue weighted by molar-refractivity contribution is 7.10. The van der Waals surface area contributed by atoms with Crippen LogP contribution in [0.5, 0.6) is 0 Å². The minimum absolute atomic E-state index is 0.0880. The molecule has 0 amide bonds. The lowest BCUT2D eigenvalue weighted by atomic mass is 10.1. The Balaban J connectivity index is 2.91. The van der Waals surface area contributed by atoms with E-state index in [9.17, 15) is 4.79 Å². The average Bonchev–Trinajstić information content (AvgIpc) is 2.40. The van der Waals surface area contributed by atoms with Gasteiger partial charge < -0.3 is 0 Å². The molecule has 2 nitrogen and oxygen atoms in total. The Kier molecular flexibility index (Phi) is 2.40. The van der Waals surface area contributed by atoms with E-state index in [4.69, 9.17) is 5.26 Å². The third-order valence-electron chi connectivity index (χ3n) is 1.36. The van der Waals surface area contributed by atoms with Gasteiger partial charge in [-0.15, -0.1) is 11.3 Å². The smallest absolute Gasteiger partial charge is 0.152 e.